The van der Waals surface area contributed by atoms with Crippen LogP contribution in [0.25, 0.3) is 6.08 Å². The standard InChI is InChI=1S/C16H13ClN2O2/c1-3-9-6-13-14(8-15(9)21-2)18-12-7-10(17)4-5-11(12)16(20)19-13/h3-8,18H,1H2,2H3,(H,19,20). The van der Waals surface area contributed by atoms with Gasteiger partial charge in [-0.15, -0.1) is 0 Å². The summed E-state index contributed by atoms with van der Waals surface area (Å²) < 4.78 is 5.33. The lowest BCUT2D eigenvalue weighted by Crippen LogP contribution is -2.10. The largest absolute Gasteiger partial charge is 0.496 e. The van der Waals surface area contributed by atoms with Crippen molar-refractivity contribution >= 4 is 40.6 Å². The van der Waals surface area contributed by atoms with E-state index in [2.05, 4.69) is 17.2 Å². The Morgan fingerprint density at radius 1 is 1.14 bits per heavy atom. The molecule has 2 N–H and O–H groups in total. The van der Waals surface area contributed by atoms with Crippen LogP contribution in [-0.2, 0) is 0 Å². The number of halogens is 1. The molecule has 0 saturated carbocycles. The van der Waals surface area contributed by atoms with Gasteiger partial charge in [0, 0.05) is 16.7 Å². The van der Waals surface area contributed by atoms with E-state index < -0.39 is 0 Å². The second kappa shape index (κ2) is 5.14. The first-order valence-electron chi connectivity index (χ1n) is 6.35. The van der Waals surface area contributed by atoms with Crippen molar-refractivity contribution in [3.8, 4) is 5.75 Å². The van der Waals surface area contributed by atoms with Gasteiger partial charge >= 0.3 is 0 Å². The molecule has 0 fully saturated rings. The van der Waals surface area contributed by atoms with E-state index in [9.17, 15) is 4.79 Å². The summed E-state index contributed by atoms with van der Waals surface area (Å²) in [4.78, 5) is 12.3. The number of benzene rings is 2. The molecule has 1 aliphatic rings. The van der Waals surface area contributed by atoms with Crippen LogP contribution in [0.3, 0.4) is 0 Å². The quantitative estimate of drug-likeness (QED) is 0.869. The van der Waals surface area contributed by atoms with Gasteiger partial charge in [-0.1, -0.05) is 24.3 Å². The van der Waals surface area contributed by atoms with Crippen molar-refractivity contribution in [2.75, 3.05) is 17.7 Å². The van der Waals surface area contributed by atoms with Crippen molar-refractivity contribution in [3.63, 3.8) is 0 Å². The third kappa shape index (κ3) is 2.34. The molecule has 0 bridgehead atoms. The fraction of sp³-hybridized carbons (Fsp3) is 0.0625. The smallest absolute Gasteiger partial charge is 0.257 e. The van der Waals surface area contributed by atoms with Gasteiger partial charge in [0.05, 0.1) is 29.7 Å². The van der Waals surface area contributed by atoms with Gasteiger partial charge in [0.1, 0.15) is 5.75 Å². The Kier molecular flexibility index (Phi) is 3.31. The van der Waals surface area contributed by atoms with Crippen LogP contribution < -0.4 is 15.4 Å². The van der Waals surface area contributed by atoms with Crippen LogP contribution in [-0.4, -0.2) is 13.0 Å². The minimum atomic E-state index is -0.187. The molecule has 1 heterocycles. The van der Waals surface area contributed by atoms with Gasteiger partial charge in [0.15, 0.2) is 0 Å². The lowest BCUT2D eigenvalue weighted by molar-refractivity contribution is 0.102. The molecule has 2 aromatic rings. The average Bonchev–Trinajstić information content (AvgIpc) is 2.60. The Balaban J connectivity index is 2.17. The fourth-order valence-corrected chi connectivity index (χ4v) is 2.46. The molecule has 1 amide bonds. The second-order valence-electron chi connectivity index (χ2n) is 4.61. The van der Waals surface area contributed by atoms with Crippen molar-refractivity contribution < 1.29 is 9.53 Å². The van der Waals surface area contributed by atoms with E-state index in [4.69, 9.17) is 16.3 Å². The fourth-order valence-electron chi connectivity index (χ4n) is 2.29. The maximum atomic E-state index is 12.3. The maximum Gasteiger partial charge on any atom is 0.257 e. The Bertz CT molecular complexity index is 756. The SMILES string of the molecule is C=Cc1cc2c(cc1OC)Nc1cc(Cl)ccc1C(=O)N2. The maximum absolute atomic E-state index is 12.3. The Morgan fingerprint density at radius 3 is 2.62 bits per heavy atom. The zero-order chi connectivity index (χ0) is 15.0. The molecule has 0 unspecified atom stereocenters. The summed E-state index contributed by atoms with van der Waals surface area (Å²) in [5, 5.41) is 6.66. The molecule has 1 aliphatic heterocycles. The molecule has 0 aliphatic carbocycles. The number of nitrogens with one attached hydrogen (secondary N) is 2. The van der Waals surface area contributed by atoms with Crippen LogP contribution in [0, 0.1) is 0 Å². The third-order valence-electron chi connectivity index (χ3n) is 3.33. The minimum absolute atomic E-state index is 0.187. The summed E-state index contributed by atoms with van der Waals surface area (Å²) in [5.74, 6) is 0.490. The van der Waals surface area contributed by atoms with Crippen molar-refractivity contribution in [2.24, 2.45) is 0 Å². The molecule has 21 heavy (non-hydrogen) atoms. The number of carbonyl (C=O) groups is 1. The van der Waals surface area contributed by atoms with Gasteiger partial charge in [0.2, 0.25) is 0 Å². The second-order valence-corrected chi connectivity index (χ2v) is 5.05. The van der Waals surface area contributed by atoms with Crippen molar-refractivity contribution in [1.82, 2.24) is 0 Å². The number of hydrogen-bond donors (Lipinski definition) is 2. The number of anilines is 3. The van der Waals surface area contributed by atoms with Gasteiger partial charge in [-0.2, -0.15) is 0 Å². The van der Waals surface area contributed by atoms with Crippen LogP contribution in [0.1, 0.15) is 15.9 Å². The van der Waals surface area contributed by atoms with Crippen LogP contribution in [0.15, 0.2) is 36.9 Å². The normalized spacial score (nSPS) is 12.4. The molecule has 3 rings (SSSR count). The highest BCUT2D eigenvalue weighted by Crippen LogP contribution is 2.37. The van der Waals surface area contributed by atoms with Crippen LogP contribution in [0.5, 0.6) is 5.75 Å². The summed E-state index contributed by atoms with van der Waals surface area (Å²) in [5.41, 5.74) is 3.42. The number of hydrogen-bond acceptors (Lipinski definition) is 3. The molecule has 106 valence electrons. The number of fused-ring (bicyclic) bond motifs is 2. The summed E-state index contributed by atoms with van der Waals surface area (Å²) in [6.07, 6.45) is 1.68. The first-order valence-corrected chi connectivity index (χ1v) is 6.72. The predicted molar refractivity (Wildman–Crippen MR) is 85.8 cm³/mol. The number of ether oxygens (including phenoxy) is 1. The van der Waals surface area contributed by atoms with Gasteiger partial charge < -0.3 is 15.4 Å². The van der Waals surface area contributed by atoms with Gasteiger partial charge in [0.25, 0.3) is 5.91 Å². The first-order chi connectivity index (χ1) is 10.1. The molecule has 4 nitrogen and oxygen atoms in total. The zero-order valence-electron chi connectivity index (χ0n) is 11.4. The minimum Gasteiger partial charge on any atom is -0.496 e. The molecule has 0 atom stereocenters. The van der Waals surface area contributed by atoms with Crippen molar-refractivity contribution in [2.45, 2.75) is 0 Å². The topological polar surface area (TPSA) is 50.4 Å². The molecule has 0 radical (unpaired) electrons. The Morgan fingerprint density at radius 2 is 1.90 bits per heavy atom. The zero-order valence-corrected chi connectivity index (χ0v) is 12.1. The summed E-state index contributed by atoms with van der Waals surface area (Å²) in [6, 6.07) is 8.74. The van der Waals surface area contributed by atoms with E-state index in [0.717, 1.165) is 11.3 Å². The predicted octanol–water partition coefficient (Wildman–Crippen LogP) is 4.30. The number of rotatable bonds is 2. The lowest BCUT2D eigenvalue weighted by atomic mass is 10.1. The van der Waals surface area contributed by atoms with Gasteiger partial charge in [-0.3, -0.25) is 4.79 Å². The van der Waals surface area contributed by atoms with E-state index in [-0.39, 0.29) is 5.91 Å². The molecular weight excluding hydrogens is 288 g/mol. The Labute approximate surface area is 127 Å². The van der Waals surface area contributed by atoms with E-state index in [1.54, 1.807) is 31.4 Å². The molecule has 0 aromatic heterocycles. The number of amides is 1. The van der Waals surface area contributed by atoms with E-state index >= 15 is 0 Å². The molecular formula is C16H13ClN2O2. The van der Waals surface area contributed by atoms with Gasteiger partial charge in [-0.05, 0) is 24.3 Å². The molecule has 2 aromatic carbocycles. The van der Waals surface area contributed by atoms with Crippen LogP contribution in [0.2, 0.25) is 5.02 Å². The van der Waals surface area contributed by atoms with Crippen molar-refractivity contribution in [1.29, 1.82) is 0 Å². The van der Waals surface area contributed by atoms with E-state index in [0.29, 0.717) is 27.7 Å². The lowest BCUT2D eigenvalue weighted by Gasteiger charge is -2.13. The Hall–Kier alpha value is -2.46. The number of methoxy groups -OCH3 is 1. The molecule has 0 saturated heterocycles. The van der Waals surface area contributed by atoms with Crippen molar-refractivity contribution in [3.05, 3.63) is 53.1 Å². The monoisotopic (exact) mass is 300 g/mol. The highest BCUT2D eigenvalue weighted by atomic mass is 35.5. The summed E-state index contributed by atoms with van der Waals surface area (Å²) in [7, 11) is 1.59. The summed E-state index contributed by atoms with van der Waals surface area (Å²) in [6.45, 7) is 3.75. The van der Waals surface area contributed by atoms with Crippen LogP contribution >= 0.6 is 11.6 Å². The van der Waals surface area contributed by atoms with Crippen LogP contribution in [0.4, 0.5) is 17.1 Å². The number of carbonyl (C=O) groups excluding carboxylic acids is 1. The highest BCUT2D eigenvalue weighted by molar-refractivity contribution is 6.31. The summed E-state index contributed by atoms with van der Waals surface area (Å²) >= 11 is 6.00. The highest BCUT2D eigenvalue weighted by Gasteiger charge is 2.20. The molecule has 5 heteroatoms. The van der Waals surface area contributed by atoms with E-state index in [1.165, 1.54) is 0 Å². The third-order valence-corrected chi connectivity index (χ3v) is 3.57. The molecule has 0 spiro atoms. The van der Waals surface area contributed by atoms with Gasteiger partial charge in [-0.25, -0.2) is 0 Å². The van der Waals surface area contributed by atoms with E-state index in [1.807, 2.05) is 12.1 Å². The first kappa shape index (κ1) is 13.5. The average molecular weight is 301 g/mol.